The zero-order valence-corrected chi connectivity index (χ0v) is 18.1. The van der Waals surface area contributed by atoms with Gasteiger partial charge in [-0.1, -0.05) is 12.1 Å². The molecule has 0 fully saturated rings. The van der Waals surface area contributed by atoms with E-state index in [1.807, 2.05) is 52.0 Å². The van der Waals surface area contributed by atoms with Crippen molar-refractivity contribution in [2.75, 3.05) is 31.5 Å². The lowest BCUT2D eigenvalue weighted by Crippen LogP contribution is -2.00. The van der Waals surface area contributed by atoms with E-state index >= 15 is 0 Å². The molecule has 0 unspecified atom stereocenters. The zero-order chi connectivity index (χ0) is 19.5. The van der Waals surface area contributed by atoms with Gasteiger partial charge in [0.1, 0.15) is 0 Å². The summed E-state index contributed by atoms with van der Waals surface area (Å²) in [6.45, 7) is 10.4. The van der Waals surface area contributed by atoms with Crippen LogP contribution in [-0.4, -0.2) is 31.5 Å². The minimum Gasteiger partial charge on any atom is -0.490 e. The molecule has 0 aromatic heterocycles. The highest BCUT2D eigenvalue weighted by Gasteiger charge is 2.14. The average Bonchev–Trinajstić information content (AvgIpc) is 2.67. The second-order valence-corrected chi connectivity index (χ2v) is 7.71. The van der Waals surface area contributed by atoms with Crippen LogP contribution in [0.1, 0.15) is 27.7 Å². The summed E-state index contributed by atoms with van der Waals surface area (Å²) < 4.78 is 23.1. The molecule has 0 amide bonds. The highest BCUT2D eigenvalue weighted by molar-refractivity contribution is 8.16. The summed E-state index contributed by atoms with van der Waals surface area (Å²) >= 11 is 3.46. The summed E-state index contributed by atoms with van der Waals surface area (Å²) in [5.41, 5.74) is 0. The molecular formula is C21H28O4S2. The average molecular weight is 409 g/mol. The Bertz CT molecular complexity index is 647. The number of para-hydroxylation sites is 2. The first kappa shape index (κ1) is 21.6. The van der Waals surface area contributed by atoms with Crippen LogP contribution in [0.25, 0.3) is 0 Å². The van der Waals surface area contributed by atoms with Crippen molar-refractivity contribution in [3.8, 4) is 23.0 Å². The van der Waals surface area contributed by atoms with Crippen LogP contribution in [0.4, 0.5) is 0 Å². The third kappa shape index (κ3) is 6.18. The molecule has 0 N–H and O–H groups in total. The zero-order valence-electron chi connectivity index (χ0n) is 16.4. The summed E-state index contributed by atoms with van der Waals surface area (Å²) in [5, 5.41) is 0.825. The van der Waals surface area contributed by atoms with Crippen molar-refractivity contribution in [3.63, 3.8) is 0 Å². The molecule has 2 rings (SSSR count). The fraction of sp³-hybridized carbons (Fsp3) is 0.429. The Morgan fingerprint density at radius 3 is 1.37 bits per heavy atom. The summed E-state index contributed by atoms with van der Waals surface area (Å²) in [6, 6.07) is 12.0. The number of hydrogen-bond donors (Lipinski definition) is 0. The van der Waals surface area contributed by atoms with Crippen LogP contribution >= 0.6 is 23.5 Å². The van der Waals surface area contributed by atoms with E-state index in [0.29, 0.717) is 26.4 Å². The van der Waals surface area contributed by atoms with Gasteiger partial charge in [-0.15, -0.1) is 23.5 Å². The molecule has 148 valence electrons. The van der Waals surface area contributed by atoms with E-state index < -0.39 is 0 Å². The van der Waals surface area contributed by atoms with Crippen LogP contribution < -0.4 is 18.9 Å². The van der Waals surface area contributed by atoms with E-state index in [9.17, 15) is 0 Å². The Hall–Kier alpha value is -1.66. The molecule has 0 saturated carbocycles. The van der Waals surface area contributed by atoms with Crippen molar-refractivity contribution in [2.45, 2.75) is 37.5 Å². The predicted octanol–water partition coefficient (Wildman–Crippen LogP) is 6.12. The first-order valence-electron chi connectivity index (χ1n) is 9.27. The molecule has 2 aromatic rings. The lowest BCUT2D eigenvalue weighted by atomic mass is 10.3. The Morgan fingerprint density at radius 1 is 0.593 bits per heavy atom. The Kier molecular flexibility index (Phi) is 9.56. The molecule has 0 aliphatic carbocycles. The van der Waals surface area contributed by atoms with Crippen molar-refractivity contribution in [1.29, 1.82) is 0 Å². The first-order chi connectivity index (χ1) is 13.2. The van der Waals surface area contributed by atoms with Crippen LogP contribution in [0.3, 0.4) is 0 Å². The van der Waals surface area contributed by atoms with E-state index in [2.05, 4.69) is 12.1 Å². The van der Waals surface area contributed by atoms with E-state index in [0.717, 1.165) is 37.9 Å². The van der Waals surface area contributed by atoms with Gasteiger partial charge in [-0.25, -0.2) is 0 Å². The second-order valence-electron chi connectivity index (χ2n) is 5.31. The van der Waals surface area contributed by atoms with Gasteiger partial charge in [-0.3, -0.25) is 0 Å². The van der Waals surface area contributed by atoms with Gasteiger partial charge in [0.15, 0.2) is 23.0 Å². The summed E-state index contributed by atoms with van der Waals surface area (Å²) in [6.07, 6.45) is 0. The van der Waals surface area contributed by atoms with Gasteiger partial charge in [0.25, 0.3) is 0 Å². The molecule has 0 atom stereocenters. The minimum atomic E-state index is 0.607. The summed E-state index contributed by atoms with van der Waals surface area (Å²) in [4.78, 5) is 2.16. The van der Waals surface area contributed by atoms with Crippen LogP contribution in [0.15, 0.2) is 46.2 Å². The van der Waals surface area contributed by atoms with Crippen LogP contribution in [0.5, 0.6) is 23.0 Å². The topological polar surface area (TPSA) is 36.9 Å². The van der Waals surface area contributed by atoms with Gasteiger partial charge in [0, 0.05) is 5.08 Å². The largest absolute Gasteiger partial charge is 0.490 e. The highest BCUT2D eigenvalue weighted by Crippen LogP contribution is 2.43. The molecule has 0 aliphatic rings. The SMILES string of the molecule is CCOc1cccc(SCSc2cccc(OCC)c2OCC)c1OCC. The monoisotopic (exact) mass is 408 g/mol. The van der Waals surface area contributed by atoms with Crippen molar-refractivity contribution >= 4 is 23.5 Å². The minimum absolute atomic E-state index is 0.607. The molecule has 0 aliphatic heterocycles. The fourth-order valence-corrected chi connectivity index (χ4v) is 4.67. The molecule has 0 heterocycles. The van der Waals surface area contributed by atoms with Crippen molar-refractivity contribution in [3.05, 3.63) is 36.4 Å². The van der Waals surface area contributed by atoms with Gasteiger partial charge in [0.2, 0.25) is 0 Å². The molecule has 0 radical (unpaired) electrons. The Morgan fingerprint density at radius 2 is 1.00 bits per heavy atom. The fourth-order valence-electron chi connectivity index (χ4n) is 2.49. The number of benzene rings is 2. The summed E-state index contributed by atoms with van der Waals surface area (Å²) in [5.74, 6) is 3.23. The number of ether oxygens (including phenoxy) is 4. The highest BCUT2D eigenvalue weighted by atomic mass is 32.2. The summed E-state index contributed by atoms with van der Waals surface area (Å²) in [7, 11) is 0. The third-order valence-corrected chi connectivity index (χ3v) is 5.70. The van der Waals surface area contributed by atoms with E-state index in [4.69, 9.17) is 18.9 Å². The van der Waals surface area contributed by atoms with Gasteiger partial charge < -0.3 is 18.9 Å². The van der Waals surface area contributed by atoms with Gasteiger partial charge >= 0.3 is 0 Å². The molecular weight excluding hydrogens is 380 g/mol. The molecule has 4 nitrogen and oxygen atoms in total. The molecule has 0 saturated heterocycles. The molecule has 2 aromatic carbocycles. The normalized spacial score (nSPS) is 10.5. The van der Waals surface area contributed by atoms with Crippen LogP contribution in [-0.2, 0) is 0 Å². The van der Waals surface area contributed by atoms with E-state index in [1.165, 1.54) is 0 Å². The van der Waals surface area contributed by atoms with E-state index in [1.54, 1.807) is 23.5 Å². The smallest absolute Gasteiger partial charge is 0.174 e. The van der Waals surface area contributed by atoms with Gasteiger partial charge in [-0.05, 0) is 52.0 Å². The maximum atomic E-state index is 5.84. The molecule has 6 heteroatoms. The van der Waals surface area contributed by atoms with Crippen molar-refractivity contribution < 1.29 is 18.9 Å². The lowest BCUT2D eigenvalue weighted by Gasteiger charge is -2.16. The van der Waals surface area contributed by atoms with Crippen LogP contribution in [0.2, 0.25) is 0 Å². The standard InChI is InChI=1S/C21H28O4S2/c1-5-22-16-11-9-13-18(20(16)24-7-3)26-15-27-19-14-10-12-17(23-6-2)21(19)25-8-4/h9-14H,5-8,15H2,1-4H3. The van der Waals surface area contributed by atoms with Gasteiger partial charge in [0.05, 0.1) is 36.2 Å². The maximum Gasteiger partial charge on any atom is 0.174 e. The third-order valence-electron chi connectivity index (χ3n) is 3.49. The number of thioether (sulfide) groups is 2. The lowest BCUT2D eigenvalue weighted by molar-refractivity contribution is 0.282. The Labute approximate surface area is 170 Å². The van der Waals surface area contributed by atoms with Gasteiger partial charge in [-0.2, -0.15) is 0 Å². The van der Waals surface area contributed by atoms with Crippen molar-refractivity contribution in [2.24, 2.45) is 0 Å². The number of hydrogen-bond acceptors (Lipinski definition) is 6. The maximum absolute atomic E-state index is 5.84. The van der Waals surface area contributed by atoms with Crippen molar-refractivity contribution in [1.82, 2.24) is 0 Å². The van der Waals surface area contributed by atoms with E-state index in [-0.39, 0.29) is 0 Å². The second kappa shape index (κ2) is 11.9. The number of rotatable bonds is 12. The van der Waals surface area contributed by atoms with Crippen LogP contribution in [0, 0.1) is 0 Å². The molecule has 0 spiro atoms. The molecule has 0 bridgehead atoms. The first-order valence-corrected chi connectivity index (χ1v) is 11.2. The quantitative estimate of drug-likeness (QED) is 0.311. The predicted molar refractivity (Wildman–Crippen MR) is 114 cm³/mol. The molecule has 27 heavy (non-hydrogen) atoms. The Balaban J connectivity index is 2.12.